The second kappa shape index (κ2) is 7.24. The van der Waals surface area contributed by atoms with E-state index in [-0.39, 0.29) is 11.3 Å². The Labute approximate surface area is 113 Å². The molecule has 0 aliphatic carbocycles. The van der Waals surface area contributed by atoms with E-state index in [9.17, 15) is 9.00 Å². The van der Waals surface area contributed by atoms with Crippen molar-refractivity contribution in [3.63, 3.8) is 0 Å². The summed E-state index contributed by atoms with van der Waals surface area (Å²) >= 11 is 0. The molecule has 106 valence electrons. The maximum Gasteiger partial charge on any atom is 0.225 e. The van der Waals surface area contributed by atoms with Gasteiger partial charge in [0.15, 0.2) is 0 Å². The predicted octanol–water partition coefficient (Wildman–Crippen LogP) is 0.897. The summed E-state index contributed by atoms with van der Waals surface area (Å²) in [7, 11) is -0.767. The topological polar surface area (TPSA) is 58.2 Å². The minimum atomic E-state index is -0.767. The minimum Gasteiger partial charge on any atom is -0.356 e. The van der Waals surface area contributed by atoms with Crippen LogP contribution in [-0.2, 0) is 15.6 Å². The number of nitrogens with one attached hydrogen (secondary N) is 2. The van der Waals surface area contributed by atoms with E-state index in [1.54, 1.807) is 6.26 Å². The van der Waals surface area contributed by atoms with Gasteiger partial charge in [0.2, 0.25) is 5.91 Å². The lowest BCUT2D eigenvalue weighted by Crippen LogP contribution is -2.47. The number of carbonyl (C=O) groups is 1. The van der Waals surface area contributed by atoms with Crippen LogP contribution in [0.1, 0.15) is 33.1 Å². The first-order valence-electron chi connectivity index (χ1n) is 6.73. The third-order valence-corrected chi connectivity index (χ3v) is 4.66. The Hall–Kier alpha value is -0.420. The van der Waals surface area contributed by atoms with E-state index in [0.29, 0.717) is 18.2 Å². The SMILES string of the molecule is CS(=O)CCCNC(=O)C(C)(C)C1CCCNC1. The molecular formula is C13H26N2O2S. The Morgan fingerprint density at radius 2 is 2.22 bits per heavy atom. The summed E-state index contributed by atoms with van der Waals surface area (Å²) in [5.74, 6) is 1.19. The quantitative estimate of drug-likeness (QED) is 0.708. The molecule has 1 fully saturated rings. The van der Waals surface area contributed by atoms with E-state index < -0.39 is 10.8 Å². The molecule has 1 rings (SSSR count). The second-order valence-corrected chi connectivity index (χ2v) is 7.21. The standard InChI is InChI=1S/C13H26N2O2S/c1-13(2,11-6-4-7-14-10-11)12(16)15-8-5-9-18(3)17/h11,14H,4-10H2,1-3H3,(H,15,16). The lowest BCUT2D eigenvalue weighted by molar-refractivity contribution is -0.132. The highest BCUT2D eigenvalue weighted by Crippen LogP contribution is 2.31. The monoisotopic (exact) mass is 274 g/mol. The van der Waals surface area contributed by atoms with Crippen molar-refractivity contribution in [1.82, 2.24) is 10.6 Å². The Morgan fingerprint density at radius 3 is 2.78 bits per heavy atom. The number of rotatable bonds is 6. The molecule has 4 nitrogen and oxygen atoms in total. The fraction of sp³-hybridized carbons (Fsp3) is 0.923. The molecule has 1 heterocycles. The number of carbonyl (C=O) groups excluding carboxylic acids is 1. The highest BCUT2D eigenvalue weighted by molar-refractivity contribution is 7.84. The van der Waals surface area contributed by atoms with Gasteiger partial charge < -0.3 is 10.6 Å². The number of hydrogen-bond acceptors (Lipinski definition) is 3. The fourth-order valence-corrected chi connectivity index (χ4v) is 2.91. The lowest BCUT2D eigenvalue weighted by atomic mass is 9.74. The molecule has 2 atom stereocenters. The van der Waals surface area contributed by atoms with Gasteiger partial charge in [-0.3, -0.25) is 9.00 Å². The smallest absolute Gasteiger partial charge is 0.225 e. The Kier molecular flexibility index (Phi) is 6.29. The van der Waals surface area contributed by atoms with Crippen LogP contribution < -0.4 is 10.6 Å². The van der Waals surface area contributed by atoms with Crippen molar-refractivity contribution in [2.45, 2.75) is 33.1 Å². The van der Waals surface area contributed by atoms with Crippen molar-refractivity contribution in [3.8, 4) is 0 Å². The highest BCUT2D eigenvalue weighted by atomic mass is 32.2. The van der Waals surface area contributed by atoms with E-state index in [0.717, 1.165) is 32.4 Å². The summed E-state index contributed by atoms with van der Waals surface area (Å²) in [5.41, 5.74) is -0.321. The molecule has 18 heavy (non-hydrogen) atoms. The summed E-state index contributed by atoms with van der Waals surface area (Å²) in [5, 5.41) is 6.33. The molecule has 0 aromatic heterocycles. The first kappa shape index (κ1) is 15.6. The van der Waals surface area contributed by atoms with Crippen LogP contribution in [-0.4, -0.2) is 41.8 Å². The van der Waals surface area contributed by atoms with E-state index >= 15 is 0 Å². The molecule has 5 heteroatoms. The maximum atomic E-state index is 12.2. The van der Waals surface area contributed by atoms with Gasteiger partial charge in [0.25, 0.3) is 0 Å². The van der Waals surface area contributed by atoms with Crippen LogP contribution in [0.3, 0.4) is 0 Å². The first-order chi connectivity index (χ1) is 8.44. The molecule has 0 aromatic rings. The van der Waals surface area contributed by atoms with Crippen LogP contribution in [0.25, 0.3) is 0 Å². The molecule has 0 spiro atoms. The van der Waals surface area contributed by atoms with Crippen molar-refractivity contribution in [1.29, 1.82) is 0 Å². The molecule has 0 saturated carbocycles. The molecule has 1 aliphatic rings. The van der Waals surface area contributed by atoms with Gasteiger partial charge >= 0.3 is 0 Å². The molecular weight excluding hydrogens is 248 g/mol. The maximum absolute atomic E-state index is 12.2. The molecule has 1 amide bonds. The predicted molar refractivity (Wildman–Crippen MR) is 75.9 cm³/mol. The normalized spacial score (nSPS) is 22.5. The van der Waals surface area contributed by atoms with Gasteiger partial charge in [-0.15, -0.1) is 0 Å². The van der Waals surface area contributed by atoms with Crippen molar-refractivity contribution >= 4 is 16.7 Å². The molecule has 0 aromatic carbocycles. The van der Waals surface area contributed by atoms with Crippen LogP contribution in [0, 0.1) is 11.3 Å². The molecule has 2 unspecified atom stereocenters. The lowest BCUT2D eigenvalue weighted by Gasteiger charge is -2.36. The van der Waals surface area contributed by atoms with Gasteiger partial charge in [-0.05, 0) is 38.3 Å². The van der Waals surface area contributed by atoms with Gasteiger partial charge in [-0.1, -0.05) is 13.8 Å². The van der Waals surface area contributed by atoms with Crippen molar-refractivity contribution < 1.29 is 9.00 Å². The van der Waals surface area contributed by atoms with Crippen LogP contribution in [0.2, 0.25) is 0 Å². The summed E-state index contributed by atoms with van der Waals surface area (Å²) in [6.45, 7) is 6.67. The third kappa shape index (κ3) is 4.69. The van der Waals surface area contributed by atoms with Gasteiger partial charge in [-0.25, -0.2) is 0 Å². The summed E-state index contributed by atoms with van der Waals surface area (Å²) in [6, 6.07) is 0. The van der Waals surface area contributed by atoms with Gasteiger partial charge in [0.1, 0.15) is 0 Å². The largest absolute Gasteiger partial charge is 0.356 e. The van der Waals surface area contributed by atoms with Crippen LogP contribution in [0.4, 0.5) is 0 Å². The van der Waals surface area contributed by atoms with Crippen molar-refractivity contribution in [2.75, 3.05) is 31.6 Å². The summed E-state index contributed by atoms with van der Waals surface area (Å²) in [4.78, 5) is 12.2. The van der Waals surface area contributed by atoms with E-state index in [4.69, 9.17) is 0 Å². The van der Waals surface area contributed by atoms with E-state index in [1.165, 1.54) is 0 Å². The highest BCUT2D eigenvalue weighted by Gasteiger charge is 2.36. The number of piperidine rings is 1. The number of hydrogen-bond donors (Lipinski definition) is 2. The number of amides is 1. The molecule has 1 saturated heterocycles. The Morgan fingerprint density at radius 1 is 1.50 bits per heavy atom. The van der Waals surface area contributed by atoms with Crippen LogP contribution in [0.5, 0.6) is 0 Å². The first-order valence-corrected chi connectivity index (χ1v) is 8.46. The van der Waals surface area contributed by atoms with Gasteiger partial charge in [0.05, 0.1) is 0 Å². The average Bonchev–Trinajstić information content (AvgIpc) is 2.35. The zero-order valence-electron chi connectivity index (χ0n) is 11.8. The van der Waals surface area contributed by atoms with Crippen molar-refractivity contribution in [3.05, 3.63) is 0 Å². The molecule has 2 N–H and O–H groups in total. The van der Waals surface area contributed by atoms with Crippen LogP contribution in [0.15, 0.2) is 0 Å². The second-order valence-electron chi connectivity index (χ2n) is 5.65. The zero-order valence-corrected chi connectivity index (χ0v) is 12.6. The average molecular weight is 274 g/mol. The van der Waals surface area contributed by atoms with Gasteiger partial charge in [-0.2, -0.15) is 0 Å². The summed E-state index contributed by atoms with van der Waals surface area (Å²) < 4.78 is 10.9. The molecule has 0 radical (unpaired) electrons. The van der Waals surface area contributed by atoms with Crippen molar-refractivity contribution in [2.24, 2.45) is 11.3 Å². The van der Waals surface area contributed by atoms with E-state index in [1.807, 2.05) is 13.8 Å². The Bertz CT molecular complexity index is 299. The molecule has 0 bridgehead atoms. The third-order valence-electron chi connectivity index (χ3n) is 3.80. The summed E-state index contributed by atoms with van der Waals surface area (Å²) in [6.07, 6.45) is 4.75. The van der Waals surface area contributed by atoms with Gasteiger partial charge in [0, 0.05) is 34.8 Å². The Balaban J connectivity index is 2.36. The van der Waals surface area contributed by atoms with Crippen LogP contribution >= 0.6 is 0 Å². The minimum absolute atomic E-state index is 0.123. The zero-order chi connectivity index (χ0) is 13.6. The fourth-order valence-electron chi connectivity index (χ4n) is 2.36. The van der Waals surface area contributed by atoms with E-state index in [2.05, 4.69) is 10.6 Å². The molecule has 1 aliphatic heterocycles.